The van der Waals surface area contributed by atoms with Crippen LogP contribution in [0.3, 0.4) is 0 Å². The monoisotopic (exact) mass is 331 g/mol. The van der Waals surface area contributed by atoms with Crippen LogP contribution in [0.4, 0.5) is 0 Å². The summed E-state index contributed by atoms with van der Waals surface area (Å²) in [4.78, 5) is 12.9. The van der Waals surface area contributed by atoms with Gasteiger partial charge in [0.2, 0.25) is 0 Å². The summed E-state index contributed by atoms with van der Waals surface area (Å²) in [5.41, 5.74) is 0. The van der Waals surface area contributed by atoms with E-state index in [1.165, 1.54) is 25.1 Å². The molecule has 0 aliphatic rings. The van der Waals surface area contributed by atoms with Crippen LogP contribution in [0.25, 0.3) is 0 Å². The first-order valence-corrected chi connectivity index (χ1v) is 9.50. The van der Waals surface area contributed by atoms with Gasteiger partial charge in [-0.15, -0.1) is 11.8 Å². The van der Waals surface area contributed by atoms with Gasteiger partial charge < -0.3 is 10.1 Å². The number of methoxy groups -OCH3 is 1. The van der Waals surface area contributed by atoms with Crippen LogP contribution in [0.15, 0.2) is 34.1 Å². The number of thioether (sulfide) groups is 1. The Morgan fingerprint density at radius 2 is 1.95 bits per heavy atom. The SMILES string of the molecule is CCCNC(CSc1ccc(S(C)(=O)=O)cc1)C(=O)OC. The third-order valence-corrected chi connectivity index (χ3v) is 5.03. The van der Waals surface area contributed by atoms with E-state index in [4.69, 9.17) is 4.74 Å². The molecular formula is C14H21NO4S2. The predicted octanol–water partition coefficient (Wildman–Crippen LogP) is 1.72. The van der Waals surface area contributed by atoms with Crippen LogP contribution in [0.1, 0.15) is 13.3 Å². The minimum absolute atomic E-state index is 0.288. The Morgan fingerprint density at radius 3 is 2.43 bits per heavy atom. The first kappa shape index (κ1) is 18.0. The molecule has 0 spiro atoms. The van der Waals surface area contributed by atoms with E-state index < -0.39 is 9.84 Å². The van der Waals surface area contributed by atoms with Crippen molar-refractivity contribution in [2.45, 2.75) is 29.2 Å². The molecule has 0 saturated carbocycles. The Bertz CT molecular complexity index is 555. The quantitative estimate of drug-likeness (QED) is 0.578. The second-order valence-corrected chi connectivity index (χ2v) is 7.69. The van der Waals surface area contributed by atoms with Crippen LogP contribution in [0.2, 0.25) is 0 Å². The van der Waals surface area contributed by atoms with E-state index in [2.05, 4.69) is 5.32 Å². The van der Waals surface area contributed by atoms with Gasteiger partial charge in [-0.3, -0.25) is 4.79 Å². The molecule has 1 atom stereocenters. The topological polar surface area (TPSA) is 72.5 Å². The molecule has 7 heteroatoms. The molecule has 118 valence electrons. The van der Waals surface area contributed by atoms with Crippen molar-refractivity contribution >= 4 is 27.6 Å². The third kappa shape index (κ3) is 6.07. The lowest BCUT2D eigenvalue weighted by molar-refractivity contribution is -0.142. The van der Waals surface area contributed by atoms with Crippen molar-refractivity contribution in [1.82, 2.24) is 5.32 Å². The lowest BCUT2D eigenvalue weighted by Gasteiger charge is -2.15. The summed E-state index contributed by atoms with van der Waals surface area (Å²) < 4.78 is 27.5. The molecule has 0 fully saturated rings. The minimum Gasteiger partial charge on any atom is -0.468 e. The van der Waals surface area contributed by atoms with E-state index in [-0.39, 0.29) is 12.0 Å². The number of carbonyl (C=O) groups is 1. The van der Waals surface area contributed by atoms with Crippen molar-refractivity contribution < 1.29 is 17.9 Å². The highest BCUT2D eigenvalue weighted by Gasteiger charge is 2.18. The van der Waals surface area contributed by atoms with E-state index in [1.54, 1.807) is 24.3 Å². The molecule has 0 heterocycles. The zero-order valence-corrected chi connectivity index (χ0v) is 14.1. The fraction of sp³-hybridized carbons (Fsp3) is 0.500. The molecule has 0 aliphatic carbocycles. The average Bonchev–Trinajstić information content (AvgIpc) is 2.46. The van der Waals surface area contributed by atoms with Gasteiger partial charge in [-0.1, -0.05) is 6.92 Å². The first-order chi connectivity index (χ1) is 9.88. The molecule has 0 saturated heterocycles. The highest BCUT2D eigenvalue weighted by atomic mass is 32.2. The molecule has 0 amide bonds. The summed E-state index contributed by atoms with van der Waals surface area (Å²) in [7, 11) is -1.81. The van der Waals surface area contributed by atoms with Crippen LogP contribution in [0, 0.1) is 0 Å². The molecule has 1 aromatic rings. The van der Waals surface area contributed by atoms with Gasteiger partial charge in [-0.25, -0.2) is 8.42 Å². The molecule has 1 unspecified atom stereocenters. The van der Waals surface area contributed by atoms with E-state index >= 15 is 0 Å². The van der Waals surface area contributed by atoms with Gasteiger partial charge in [-0.05, 0) is 37.2 Å². The normalized spacial score (nSPS) is 12.9. The largest absolute Gasteiger partial charge is 0.468 e. The molecular weight excluding hydrogens is 310 g/mol. The van der Waals surface area contributed by atoms with Crippen molar-refractivity contribution in [3.05, 3.63) is 24.3 Å². The lowest BCUT2D eigenvalue weighted by Crippen LogP contribution is -2.40. The average molecular weight is 331 g/mol. The molecule has 0 bridgehead atoms. The third-order valence-electron chi connectivity index (χ3n) is 2.79. The van der Waals surface area contributed by atoms with E-state index in [0.29, 0.717) is 10.6 Å². The Morgan fingerprint density at radius 1 is 1.33 bits per heavy atom. The van der Waals surface area contributed by atoms with Gasteiger partial charge >= 0.3 is 5.97 Å². The summed E-state index contributed by atoms with van der Waals surface area (Å²) in [6.07, 6.45) is 2.11. The van der Waals surface area contributed by atoms with Gasteiger partial charge in [0.15, 0.2) is 9.84 Å². The number of hydrogen-bond acceptors (Lipinski definition) is 6. The maximum atomic E-state index is 11.6. The zero-order valence-electron chi connectivity index (χ0n) is 12.5. The Hall–Kier alpha value is -1.05. The van der Waals surface area contributed by atoms with Gasteiger partial charge in [0.25, 0.3) is 0 Å². The summed E-state index contributed by atoms with van der Waals surface area (Å²) in [6, 6.07) is 6.27. The molecule has 1 aromatic carbocycles. The number of carbonyl (C=O) groups excluding carboxylic acids is 1. The standard InChI is InChI=1S/C14H21NO4S2/c1-4-9-15-13(14(16)19-2)10-20-11-5-7-12(8-6-11)21(3,17)18/h5-8,13,15H,4,9-10H2,1-3H3. The molecule has 5 nitrogen and oxygen atoms in total. The number of rotatable bonds is 8. The molecule has 0 radical (unpaired) electrons. The minimum atomic E-state index is -3.18. The maximum Gasteiger partial charge on any atom is 0.323 e. The lowest BCUT2D eigenvalue weighted by atomic mass is 10.3. The van der Waals surface area contributed by atoms with Crippen molar-refractivity contribution in [2.75, 3.05) is 25.7 Å². The molecule has 21 heavy (non-hydrogen) atoms. The van der Waals surface area contributed by atoms with Crippen molar-refractivity contribution in [3.8, 4) is 0 Å². The number of benzene rings is 1. The molecule has 0 aromatic heterocycles. The molecule has 1 N–H and O–H groups in total. The van der Waals surface area contributed by atoms with Crippen LogP contribution in [0.5, 0.6) is 0 Å². The highest BCUT2D eigenvalue weighted by Crippen LogP contribution is 2.21. The smallest absolute Gasteiger partial charge is 0.323 e. The zero-order chi connectivity index (χ0) is 15.9. The fourth-order valence-electron chi connectivity index (χ4n) is 1.63. The second-order valence-electron chi connectivity index (χ2n) is 4.58. The first-order valence-electron chi connectivity index (χ1n) is 6.62. The van der Waals surface area contributed by atoms with Crippen molar-refractivity contribution in [3.63, 3.8) is 0 Å². The summed E-state index contributed by atoms with van der Waals surface area (Å²) in [5.74, 6) is 0.244. The van der Waals surface area contributed by atoms with Crippen LogP contribution >= 0.6 is 11.8 Å². The second kappa shape index (κ2) is 8.41. The Balaban J connectivity index is 2.65. The van der Waals surface area contributed by atoms with Gasteiger partial charge in [0, 0.05) is 16.9 Å². The van der Waals surface area contributed by atoms with Crippen molar-refractivity contribution in [2.24, 2.45) is 0 Å². The number of hydrogen-bond donors (Lipinski definition) is 1. The van der Waals surface area contributed by atoms with Gasteiger partial charge in [0.05, 0.1) is 12.0 Å². The van der Waals surface area contributed by atoms with Crippen molar-refractivity contribution in [1.29, 1.82) is 0 Å². The number of ether oxygens (including phenoxy) is 1. The van der Waals surface area contributed by atoms with Crippen LogP contribution in [-0.2, 0) is 19.4 Å². The van der Waals surface area contributed by atoms with E-state index in [9.17, 15) is 13.2 Å². The Labute approximate surface area is 130 Å². The highest BCUT2D eigenvalue weighted by molar-refractivity contribution is 7.99. The maximum absolute atomic E-state index is 11.6. The Kier molecular flexibility index (Phi) is 7.21. The summed E-state index contributed by atoms with van der Waals surface area (Å²) in [6.45, 7) is 2.77. The van der Waals surface area contributed by atoms with E-state index in [0.717, 1.165) is 17.9 Å². The van der Waals surface area contributed by atoms with Crippen LogP contribution in [-0.4, -0.2) is 46.1 Å². The molecule has 1 rings (SSSR count). The number of sulfone groups is 1. The van der Waals surface area contributed by atoms with E-state index in [1.807, 2.05) is 6.92 Å². The fourth-order valence-corrected chi connectivity index (χ4v) is 3.21. The molecule has 0 aliphatic heterocycles. The summed E-state index contributed by atoms with van der Waals surface area (Å²) >= 11 is 1.48. The predicted molar refractivity (Wildman–Crippen MR) is 84.4 cm³/mol. The van der Waals surface area contributed by atoms with Gasteiger partial charge in [0.1, 0.15) is 6.04 Å². The number of nitrogens with one attached hydrogen (secondary N) is 1. The van der Waals surface area contributed by atoms with Crippen LogP contribution < -0.4 is 5.32 Å². The summed E-state index contributed by atoms with van der Waals surface area (Å²) in [5, 5.41) is 3.13. The number of esters is 1. The van der Waals surface area contributed by atoms with Gasteiger partial charge in [-0.2, -0.15) is 0 Å².